The number of benzene rings is 2. The first-order valence-electron chi connectivity index (χ1n) is 6.53. The van der Waals surface area contributed by atoms with Crippen molar-refractivity contribution in [2.45, 2.75) is 0 Å². The molecule has 5 heteroatoms. The molecule has 0 fully saturated rings. The van der Waals surface area contributed by atoms with Crippen LogP contribution in [0.5, 0.6) is 0 Å². The summed E-state index contributed by atoms with van der Waals surface area (Å²) in [6.07, 6.45) is 1.57. The molecule has 2 heterocycles. The Kier molecular flexibility index (Phi) is 2.50. The number of hydrogen-bond acceptors (Lipinski definition) is 4. The standard InChI is InChI=1S/C16H10N4O/c21-16-15-14(18-12-8-4-5-9-13(12)19-15)10-17-20(16)11-6-2-1-3-7-11/h1-10H. The summed E-state index contributed by atoms with van der Waals surface area (Å²) in [5, 5.41) is 4.19. The Hall–Kier alpha value is -3.08. The quantitative estimate of drug-likeness (QED) is 0.500. The van der Waals surface area contributed by atoms with Gasteiger partial charge in [0, 0.05) is 0 Å². The van der Waals surface area contributed by atoms with Crippen LogP contribution in [0.1, 0.15) is 0 Å². The van der Waals surface area contributed by atoms with Crippen molar-refractivity contribution < 1.29 is 0 Å². The first kappa shape index (κ1) is 11.7. The van der Waals surface area contributed by atoms with E-state index in [4.69, 9.17) is 0 Å². The first-order chi connectivity index (χ1) is 10.3. The second-order valence-corrected chi connectivity index (χ2v) is 4.64. The van der Waals surface area contributed by atoms with Crippen LogP contribution in [-0.4, -0.2) is 19.7 Å². The van der Waals surface area contributed by atoms with Crippen molar-refractivity contribution in [1.29, 1.82) is 0 Å². The van der Waals surface area contributed by atoms with Gasteiger partial charge in [0.1, 0.15) is 5.52 Å². The molecule has 0 N–H and O–H groups in total. The van der Waals surface area contributed by atoms with Gasteiger partial charge in [-0.25, -0.2) is 9.97 Å². The zero-order valence-corrected chi connectivity index (χ0v) is 11.0. The van der Waals surface area contributed by atoms with Gasteiger partial charge in [0.15, 0.2) is 5.52 Å². The van der Waals surface area contributed by atoms with E-state index in [2.05, 4.69) is 15.1 Å². The van der Waals surface area contributed by atoms with Crippen LogP contribution in [0.25, 0.3) is 27.8 Å². The molecule has 0 spiro atoms. The lowest BCUT2D eigenvalue weighted by Crippen LogP contribution is -2.22. The van der Waals surface area contributed by atoms with Gasteiger partial charge in [-0.1, -0.05) is 30.3 Å². The smallest absolute Gasteiger partial charge is 0.265 e. The van der Waals surface area contributed by atoms with Crippen LogP contribution < -0.4 is 5.56 Å². The molecule has 0 aliphatic rings. The van der Waals surface area contributed by atoms with E-state index in [0.717, 1.165) is 5.52 Å². The van der Waals surface area contributed by atoms with Gasteiger partial charge in [0.25, 0.3) is 5.56 Å². The fourth-order valence-corrected chi connectivity index (χ4v) is 2.28. The van der Waals surface area contributed by atoms with Crippen LogP contribution in [0.3, 0.4) is 0 Å². The number of para-hydroxylation sites is 3. The molecule has 2 aromatic carbocycles. The fourth-order valence-electron chi connectivity index (χ4n) is 2.28. The molecule has 0 saturated carbocycles. The van der Waals surface area contributed by atoms with Crippen LogP contribution in [0.2, 0.25) is 0 Å². The van der Waals surface area contributed by atoms with Crippen molar-refractivity contribution in [2.75, 3.05) is 0 Å². The van der Waals surface area contributed by atoms with Gasteiger partial charge in [0.05, 0.1) is 22.9 Å². The SMILES string of the molecule is O=c1c2nc3ccccc3nc2cnn1-c1ccccc1. The molecule has 100 valence electrons. The second-order valence-electron chi connectivity index (χ2n) is 4.64. The molecule has 2 aromatic heterocycles. The van der Waals surface area contributed by atoms with E-state index in [-0.39, 0.29) is 5.56 Å². The monoisotopic (exact) mass is 274 g/mol. The Morgan fingerprint density at radius 2 is 1.43 bits per heavy atom. The van der Waals surface area contributed by atoms with Crippen LogP contribution >= 0.6 is 0 Å². The molecule has 0 atom stereocenters. The van der Waals surface area contributed by atoms with E-state index in [9.17, 15) is 4.79 Å². The zero-order chi connectivity index (χ0) is 14.2. The molecule has 21 heavy (non-hydrogen) atoms. The highest BCUT2D eigenvalue weighted by Gasteiger charge is 2.09. The Bertz CT molecular complexity index is 1010. The molecule has 0 unspecified atom stereocenters. The number of nitrogens with zero attached hydrogens (tertiary/aromatic N) is 4. The van der Waals surface area contributed by atoms with Crippen LogP contribution in [0, 0.1) is 0 Å². The van der Waals surface area contributed by atoms with Crippen LogP contribution in [0.15, 0.2) is 65.6 Å². The predicted octanol–water partition coefficient (Wildman–Crippen LogP) is 2.33. The van der Waals surface area contributed by atoms with E-state index in [0.29, 0.717) is 22.2 Å². The minimum Gasteiger partial charge on any atom is -0.265 e. The van der Waals surface area contributed by atoms with Gasteiger partial charge in [-0.15, -0.1) is 0 Å². The van der Waals surface area contributed by atoms with E-state index < -0.39 is 0 Å². The molecule has 4 aromatic rings. The minimum atomic E-state index is -0.267. The third kappa shape index (κ3) is 1.87. The highest BCUT2D eigenvalue weighted by molar-refractivity contribution is 5.85. The van der Waals surface area contributed by atoms with Gasteiger partial charge in [0.2, 0.25) is 0 Å². The number of aromatic nitrogens is 4. The molecular formula is C16H10N4O. The summed E-state index contributed by atoms with van der Waals surface area (Å²) in [6, 6.07) is 16.7. The fraction of sp³-hybridized carbons (Fsp3) is 0. The van der Waals surface area contributed by atoms with E-state index >= 15 is 0 Å². The lowest BCUT2D eigenvalue weighted by atomic mass is 10.3. The number of hydrogen-bond donors (Lipinski definition) is 0. The van der Waals surface area contributed by atoms with Gasteiger partial charge in [-0.3, -0.25) is 4.79 Å². The summed E-state index contributed by atoms with van der Waals surface area (Å²) < 4.78 is 1.34. The maximum atomic E-state index is 12.6. The average molecular weight is 274 g/mol. The largest absolute Gasteiger partial charge is 0.299 e. The van der Waals surface area contributed by atoms with Crippen LogP contribution in [-0.2, 0) is 0 Å². The molecule has 0 saturated heterocycles. The lowest BCUT2D eigenvalue weighted by Gasteiger charge is -2.05. The Balaban J connectivity index is 2.07. The number of rotatable bonds is 1. The summed E-state index contributed by atoms with van der Waals surface area (Å²) in [4.78, 5) is 21.4. The maximum Gasteiger partial charge on any atom is 0.299 e. The third-order valence-electron chi connectivity index (χ3n) is 3.29. The summed E-state index contributed by atoms with van der Waals surface area (Å²) in [5.74, 6) is 0. The molecule has 0 aliphatic carbocycles. The third-order valence-corrected chi connectivity index (χ3v) is 3.29. The van der Waals surface area contributed by atoms with Gasteiger partial charge in [-0.05, 0) is 24.3 Å². The zero-order valence-electron chi connectivity index (χ0n) is 11.0. The highest BCUT2D eigenvalue weighted by Crippen LogP contribution is 2.13. The van der Waals surface area contributed by atoms with E-state index in [1.807, 2.05) is 54.6 Å². The molecule has 0 aliphatic heterocycles. The summed E-state index contributed by atoms with van der Waals surface area (Å²) in [5.41, 5.74) is 2.73. The van der Waals surface area contributed by atoms with Gasteiger partial charge < -0.3 is 0 Å². The lowest BCUT2D eigenvalue weighted by molar-refractivity contribution is 0.816. The Labute approximate surface area is 119 Å². The van der Waals surface area contributed by atoms with Crippen LogP contribution in [0.4, 0.5) is 0 Å². The summed E-state index contributed by atoms with van der Waals surface area (Å²) >= 11 is 0. The Morgan fingerprint density at radius 3 is 2.19 bits per heavy atom. The van der Waals surface area contributed by atoms with Gasteiger partial charge in [-0.2, -0.15) is 9.78 Å². The maximum absolute atomic E-state index is 12.6. The molecular weight excluding hydrogens is 264 g/mol. The molecule has 0 radical (unpaired) electrons. The molecule has 0 bridgehead atoms. The van der Waals surface area contributed by atoms with Crippen molar-refractivity contribution in [1.82, 2.24) is 19.7 Å². The van der Waals surface area contributed by atoms with Crippen molar-refractivity contribution in [2.24, 2.45) is 0 Å². The Morgan fingerprint density at radius 1 is 0.762 bits per heavy atom. The van der Waals surface area contributed by atoms with Crippen molar-refractivity contribution >= 4 is 22.1 Å². The number of fused-ring (bicyclic) bond motifs is 2. The molecule has 4 rings (SSSR count). The summed E-state index contributed by atoms with van der Waals surface area (Å²) in [6.45, 7) is 0. The second kappa shape index (κ2) is 4.49. The average Bonchev–Trinajstić information content (AvgIpc) is 2.55. The molecule has 0 amide bonds. The minimum absolute atomic E-state index is 0.267. The summed E-state index contributed by atoms with van der Waals surface area (Å²) in [7, 11) is 0. The molecule has 5 nitrogen and oxygen atoms in total. The normalized spacial score (nSPS) is 11.0. The topological polar surface area (TPSA) is 60.7 Å². The van der Waals surface area contributed by atoms with E-state index in [1.165, 1.54) is 4.68 Å². The van der Waals surface area contributed by atoms with Gasteiger partial charge >= 0.3 is 0 Å². The van der Waals surface area contributed by atoms with Crippen molar-refractivity contribution in [3.05, 3.63) is 71.1 Å². The van der Waals surface area contributed by atoms with Crippen molar-refractivity contribution in [3.63, 3.8) is 0 Å². The highest BCUT2D eigenvalue weighted by atomic mass is 16.1. The van der Waals surface area contributed by atoms with Crippen molar-refractivity contribution in [3.8, 4) is 5.69 Å². The van der Waals surface area contributed by atoms with E-state index in [1.54, 1.807) is 6.20 Å². The first-order valence-corrected chi connectivity index (χ1v) is 6.53. The predicted molar refractivity (Wildman–Crippen MR) is 80.4 cm³/mol.